The third kappa shape index (κ3) is 3.71. The molecular formula is C32H23FOSi. The Hall–Kier alpha value is -4.21. The van der Waals surface area contributed by atoms with Gasteiger partial charge in [-0.3, -0.25) is 0 Å². The summed E-state index contributed by atoms with van der Waals surface area (Å²) >= 11 is 0. The minimum atomic E-state index is -3.04. The van der Waals surface area contributed by atoms with Crippen molar-refractivity contribution in [2.45, 2.75) is 0 Å². The second-order valence-corrected chi connectivity index (χ2v) is 12.0. The molecule has 0 saturated heterocycles. The Morgan fingerprint density at radius 2 is 0.943 bits per heavy atom. The molecule has 0 N–H and O–H groups in total. The van der Waals surface area contributed by atoms with Crippen LogP contribution in [0.2, 0.25) is 0 Å². The Kier molecular flexibility index (Phi) is 5.40. The van der Waals surface area contributed by atoms with Gasteiger partial charge in [0.25, 0.3) is 0 Å². The second kappa shape index (κ2) is 8.86. The first kappa shape index (κ1) is 21.3. The molecule has 0 unspecified atom stereocenters. The third-order valence-electron chi connectivity index (χ3n) is 6.57. The number of hydrogen-bond donors (Lipinski definition) is 0. The van der Waals surface area contributed by atoms with Gasteiger partial charge in [-0.05, 0) is 44.5 Å². The van der Waals surface area contributed by atoms with Crippen LogP contribution in [0.15, 0.2) is 140 Å². The Morgan fingerprint density at radius 1 is 0.457 bits per heavy atom. The van der Waals surface area contributed by atoms with Crippen LogP contribution in [-0.2, 0) is 0 Å². The van der Waals surface area contributed by atoms with E-state index in [1.807, 2.05) is 36.4 Å². The highest BCUT2D eigenvalue weighted by atomic mass is 28.4. The van der Waals surface area contributed by atoms with Gasteiger partial charge in [-0.25, -0.2) is 4.39 Å². The quantitative estimate of drug-likeness (QED) is 0.166. The van der Waals surface area contributed by atoms with Crippen molar-refractivity contribution in [2.24, 2.45) is 0 Å². The van der Waals surface area contributed by atoms with Crippen LogP contribution in [0, 0.1) is 5.82 Å². The average molecular weight is 471 g/mol. The maximum atomic E-state index is 14.6. The van der Waals surface area contributed by atoms with Crippen LogP contribution >= 0.6 is 0 Å². The Labute approximate surface area is 205 Å². The van der Waals surface area contributed by atoms with Crippen molar-refractivity contribution in [3.63, 3.8) is 0 Å². The summed E-state index contributed by atoms with van der Waals surface area (Å²) in [5.74, 6) is 0.449. The highest BCUT2D eigenvalue weighted by molar-refractivity contribution is 7.07. The zero-order valence-electron chi connectivity index (χ0n) is 19.1. The van der Waals surface area contributed by atoms with E-state index in [-0.39, 0.29) is 5.82 Å². The van der Waals surface area contributed by atoms with E-state index in [9.17, 15) is 4.39 Å². The largest absolute Gasteiger partial charge is 0.529 e. The van der Waals surface area contributed by atoms with Crippen LogP contribution in [0.3, 0.4) is 0 Å². The smallest absolute Gasteiger partial charge is 0.346 e. The fourth-order valence-corrected chi connectivity index (χ4v) is 8.82. The number of benzene rings is 6. The predicted molar refractivity (Wildman–Crippen MR) is 146 cm³/mol. The Bertz CT molecular complexity index is 1520. The lowest BCUT2D eigenvalue weighted by Crippen LogP contribution is -2.71. The molecule has 0 saturated carbocycles. The number of fused-ring (bicyclic) bond motifs is 2. The van der Waals surface area contributed by atoms with Crippen LogP contribution in [0.1, 0.15) is 0 Å². The van der Waals surface area contributed by atoms with Crippen LogP contribution in [0.25, 0.3) is 21.5 Å². The normalized spacial score (nSPS) is 11.6. The lowest BCUT2D eigenvalue weighted by Gasteiger charge is -2.34. The van der Waals surface area contributed by atoms with Crippen molar-refractivity contribution in [2.75, 3.05) is 0 Å². The van der Waals surface area contributed by atoms with Gasteiger partial charge in [0.2, 0.25) is 0 Å². The van der Waals surface area contributed by atoms with Crippen molar-refractivity contribution in [1.29, 1.82) is 0 Å². The SMILES string of the molecule is Fc1ccc2cc3ccccc3c(O[Si](c3ccccc3)(c3ccccc3)c3ccccc3)c2c1. The first-order valence-corrected chi connectivity index (χ1v) is 13.6. The number of halogens is 1. The molecule has 6 aromatic carbocycles. The van der Waals surface area contributed by atoms with E-state index in [0.29, 0.717) is 0 Å². The predicted octanol–water partition coefficient (Wildman–Crippen LogP) is 6.18. The van der Waals surface area contributed by atoms with Gasteiger partial charge in [-0.15, -0.1) is 0 Å². The van der Waals surface area contributed by atoms with Crippen LogP contribution < -0.4 is 20.0 Å². The molecule has 0 aromatic heterocycles. The molecule has 0 aliphatic heterocycles. The van der Waals surface area contributed by atoms with E-state index in [1.54, 1.807) is 6.07 Å². The van der Waals surface area contributed by atoms with E-state index in [0.717, 1.165) is 42.9 Å². The van der Waals surface area contributed by atoms with Gasteiger partial charge in [0.15, 0.2) is 0 Å². The number of hydrogen-bond acceptors (Lipinski definition) is 1. The molecular weight excluding hydrogens is 447 g/mol. The molecule has 6 rings (SSSR count). The maximum absolute atomic E-state index is 14.6. The van der Waals surface area contributed by atoms with Gasteiger partial charge in [0, 0.05) is 10.8 Å². The summed E-state index contributed by atoms with van der Waals surface area (Å²) in [6.07, 6.45) is 0. The molecule has 0 atom stereocenters. The summed E-state index contributed by atoms with van der Waals surface area (Å²) < 4.78 is 22.0. The zero-order chi connectivity index (χ0) is 23.7. The molecule has 0 heterocycles. The van der Waals surface area contributed by atoms with Crippen molar-refractivity contribution in [1.82, 2.24) is 0 Å². The minimum Gasteiger partial charge on any atom is -0.529 e. The second-order valence-electron chi connectivity index (χ2n) is 8.67. The lowest BCUT2D eigenvalue weighted by molar-refractivity contribution is 0.588. The maximum Gasteiger partial charge on any atom is 0.346 e. The Balaban J connectivity index is 1.74. The van der Waals surface area contributed by atoms with E-state index in [1.165, 1.54) is 6.07 Å². The molecule has 0 bridgehead atoms. The molecule has 0 aliphatic carbocycles. The molecule has 0 radical (unpaired) electrons. The van der Waals surface area contributed by atoms with Crippen molar-refractivity contribution >= 4 is 45.4 Å². The topological polar surface area (TPSA) is 9.23 Å². The molecule has 1 nitrogen and oxygen atoms in total. The zero-order valence-corrected chi connectivity index (χ0v) is 20.1. The first-order chi connectivity index (χ1) is 17.3. The van der Waals surface area contributed by atoms with Gasteiger partial charge in [0.05, 0.1) is 0 Å². The minimum absolute atomic E-state index is 0.274. The van der Waals surface area contributed by atoms with E-state index >= 15 is 0 Å². The van der Waals surface area contributed by atoms with Crippen molar-refractivity contribution in [3.05, 3.63) is 145 Å². The highest BCUT2D eigenvalue weighted by Crippen LogP contribution is 2.36. The fourth-order valence-electron chi connectivity index (χ4n) is 4.95. The summed E-state index contributed by atoms with van der Waals surface area (Å²) in [5, 5.41) is 7.18. The summed E-state index contributed by atoms with van der Waals surface area (Å²) in [7, 11) is -3.04. The summed E-state index contributed by atoms with van der Waals surface area (Å²) in [6, 6.07) is 46.6. The molecule has 0 spiro atoms. The summed E-state index contributed by atoms with van der Waals surface area (Å²) in [5.41, 5.74) is 0. The van der Waals surface area contributed by atoms with E-state index < -0.39 is 8.32 Å². The molecule has 0 fully saturated rings. The Morgan fingerprint density at radius 3 is 1.51 bits per heavy atom. The highest BCUT2D eigenvalue weighted by Gasteiger charge is 2.44. The molecule has 35 heavy (non-hydrogen) atoms. The van der Waals surface area contributed by atoms with Gasteiger partial charge < -0.3 is 4.43 Å². The van der Waals surface area contributed by atoms with Gasteiger partial charge >= 0.3 is 8.32 Å². The van der Waals surface area contributed by atoms with E-state index in [4.69, 9.17) is 4.43 Å². The molecule has 168 valence electrons. The monoisotopic (exact) mass is 470 g/mol. The summed E-state index contributed by atoms with van der Waals surface area (Å²) in [6.45, 7) is 0. The first-order valence-electron chi connectivity index (χ1n) is 11.7. The van der Waals surface area contributed by atoms with Gasteiger partial charge in [-0.2, -0.15) is 0 Å². The van der Waals surface area contributed by atoms with E-state index in [2.05, 4.69) is 91.0 Å². The third-order valence-corrected chi connectivity index (χ3v) is 10.5. The van der Waals surface area contributed by atoms with Crippen molar-refractivity contribution < 1.29 is 8.82 Å². The fraction of sp³-hybridized carbons (Fsp3) is 0. The van der Waals surface area contributed by atoms with Gasteiger partial charge in [0.1, 0.15) is 11.6 Å². The summed E-state index contributed by atoms with van der Waals surface area (Å²) in [4.78, 5) is 0. The lowest BCUT2D eigenvalue weighted by atomic mass is 10.0. The number of rotatable bonds is 5. The standard InChI is InChI=1S/C32H23FOSi/c33-26-21-20-25-22-24-12-10-11-19-30(24)32(31(25)23-26)34-35(27-13-4-1-5-14-27,28-15-6-2-7-16-28)29-17-8-3-9-18-29/h1-23H. The van der Waals surface area contributed by atoms with Crippen LogP contribution in [-0.4, -0.2) is 8.32 Å². The van der Waals surface area contributed by atoms with Crippen LogP contribution in [0.5, 0.6) is 5.75 Å². The molecule has 0 amide bonds. The van der Waals surface area contributed by atoms with Gasteiger partial charge in [-0.1, -0.05) is 121 Å². The molecule has 0 aliphatic rings. The van der Waals surface area contributed by atoms with Crippen molar-refractivity contribution in [3.8, 4) is 5.75 Å². The molecule has 6 aromatic rings. The van der Waals surface area contributed by atoms with Crippen LogP contribution in [0.4, 0.5) is 4.39 Å². The molecule has 3 heteroatoms. The average Bonchev–Trinajstić information content (AvgIpc) is 2.93.